The lowest BCUT2D eigenvalue weighted by molar-refractivity contribution is -0.122. The molecular formula is C16H16Cl2N2O3. The van der Waals surface area contributed by atoms with Crippen LogP contribution < -0.4 is 20.5 Å². The van der Waals surface area contributed by atoms with Crippen molar-refractivity contribution in [2.24, 2.45) is 0 Å². The number of benzene rings is 2. The number of anilines is 2. The number of carbonyl (C=O) groups excluding carboxylic acids is 1. The van der Waals surface area contributed by atoms with Crippen molar-refractivity contribution in [2.75, 3.05) is 18.2 Å². The van der Waals surface area contributed by atoms with Gasteiger partial charge in [-0.3, -0.25) is 4.79 Å². The van der Waals surface area contributed by atoms with Crippen molar-refractivity contribution in [2.45, 2.75) is 13.0 Å². The van der Waals surface area contributed by atoms with Gasteiger partial charge in [-0.25, -0.2) is 0 Å². The van der Waals surface area contributed by atoms with Crippen LogP contribution in [0.25, 0.3) is 0 Å². The van der Waals surface area contributed by atoms with Crippen molar-refractivity contribution >= 4 is 40.5 Å². The van der Waals surface area contributed by atoms with Gasteiger partial charge in [0.1, 0.15) is 11.5 Å². The van der Waals surface area contributed by atoms with E-state index in [9.17, 15) is 4.79 Å². The van der Waals surface area contributed by atoms with Crippen molar-refractivity contribution in [3.05, 3.63) is 46.4 Å². The summed E-state index contributed by atoms with van der Waals surface area (Å²) in [6.45, 7) is 1.62. The normalized spacial score (nSPS) is 11.7. The maximum Gasteiger partial charge on any atom is 0.265 e. The van der Waals surface area contributed by atoms with E-state index in [2.05, 4.69) is 5.32 Å². The van der Waals surface area contributed by atoms with Crippen LogP contribution in [0.15, 0.2) is 36.4 Å². The maximum absolute atomic E-state index is 12.3. The van der Waals surface area contributed by atoms with Gasteiger partial charge in [0.2, 0.25) is 0 Å². The standard InChI is InChI=1S/C16H16Cl2N2O3/c1-9(23-14-6-3-10(17)7-12(14)18)16(21)20-13-5-4-11(19)8-15(13)22-2/h3-9H,19H2,1-2H3,(H,20,21). The molecule has 2 rings (SSSR count). The van der Waals surface area contributed by atoms with E-state index >= 15 is 0 Å². The summed E-state index contributed by atoms with van der Waals surface area (Å²) in [6, 6.07) is 9.74. The van der Waals surface area contributed by atoms with Gasteiger partial charge in [-0.05, 0) is 37.3 Å². The fourth-order valence-corrected chi connectivity index (χ4v) is 2.31. The number of amides is 1. The topological polar surface area (TPSA) is 73.6 Å². The zero-order chi connectivity index (χ0) is 17.0. The van der Waals surface area contributed by atoms with E-state index in [1.807, 2.05) is 0 Å². The molecule has 1 amide bonds. The van der Waals surface area contributed by atoms with E-state index in [1.165, 1.54) is 7.11 Å². The molecule has 0 bridgehead atoms. The summed E-state index contributed by atoms with van der Waals surface area (Å²) in [5.74, 6) is 0.497. The number of halogens is 2. The van der Waals surface area contributed by atoms with Crippen LogP contribution in [0.5, 0.6) is 11.5 Å². The Morgan fingerprint density at radius 1 is 1.17 bits per heavy atom. The molecule has 0 aliphatic heterocycles. The molecule has 0 aromatic heterocycles. The van der Waals surface area contributed by atoms with Crippen molar-refractivity contribution in [3.8, 4) is 11.5 Å². The number of nitrogens with one attached hydrogen (secondary N) is 1. The summed E-state index contributed by atoms with van der Waals surface area (Å²) in [7, 11) is 1.50. The molecule has 0 spiro atoms. The van der Waals surface area contributed by atoms with Gasteiger partial charge >= 0.3 is 0 Å². The van der Waals surface area contributed by atoms with Crippen LogP contribution >= 0.6 is 23.2 Å². The molecule has 0 saturated carbocycles. The highest BCUT2D eigenvalue weighted by Crippen LogP contribution is 2.29. The first-order valence-corrected chi connectivity index (χ1v) is 7.52. The lowest BCUT2D eigenvalue weighted by Crippen LogP contribution is -2.30. The van der Waals surface area contributed by atoms with Gasteiger partial charge in [-0.15, -0.1) is 0 Å². The fourth-order valence-electron chi connectivity index (χ4n) is 1.86. The quantitative estimate of drug-likeness (QED) is 0.796. The third kappa shape index (κ3) is 4.43. The number of methoxy groups -OCH3 is 1. The zero-order valence-electron chi connectivity index (χ0n) is 12.6. The number of nitrogen functional groups attached to an aromatic ring is 1. The second-order valence-corrected chi connectivity index (χ2v) is 5.63. The molecule has 0 fully saturated rings. The van der Waals surface area contributed by atoms with E-state index in [-0.39, 0.29) is 5.91 Å². The smallest absolute Gasteiger partial charge is 0.265 e. The van der Waals surface area contributed by atoms with Crippen LogP contribution in [0.3, 0.4) is 0 Å². The van der Waals surface area contributed by atoms with E-state index < -0.39 is 6.10 Å². The highest BCUT2D eigenvalue weighted by atomic mass is 35.5. The lowest BCUT2D eigenvalue weighted by Gasteiger charge is -2.17. The van der Waals surface area contributed by atoms with Crippen molar-refractivity contribution in [3.63, 3.8) is 0 Å². The summed E-state index contributed by atoms with van der Waals surface area (Å²) >= 11 is 11.9. The van der Waals surface area contributed by atoms with E-state index in [0.29, 0.717) is 32.9 Å². The third-order valence-electron chi connectivity index (χ3n) is 3.05. The summed E-state index contributed by atoms with van der Waals surface area (Å²) in [4.78, 5) is 12.3. The van der Waals surface area contributed by atoms with Crippen molar-refractivity contribution < 1.29 is 14.3 Å². The second kappa shape index (κ2) is 7.44. The highest BCUT2D eigenvalue weighted by molar-refractivity contribution is 6.35. The van der Waals surface area contributed by atoms with Gasteiger partial charge in [-0.1, -0.05) is 23.2 Å². The number of hydrogen-bond acceptors (Lipinski definition) is 4. The molecule has 0 aliphatic rings. The summed E-state index contributed by atoms with van der Waals surface area (Å²) < 4.78 is 10.7. The van der Waals surface area contributed by atoms with Crippen LogP contribution in [0.4, 0.5) is 11.4 Å². The second-order valence-electron chi connectivity index (χ2n) is 4.78. The van der Waals surface area contributed by atoms with E-state index in [4.69, 9.17) is 38.4 Å². The Hall–Kier alpha value is -2.11. The molecule has 0 aliphatic carbocycles. The van der Waals surface area contributed by atoms with Gasteiger partial charge in [-0.2, -0.15) is 0 Å². The van der Waals surface area contributed by atoms with Crippen LogP contribution in [0.1, 0.15) is 6.92 Å². The maximum atomic E-state index is 12.3. The molecule has 7 heteroatoms. The molecule has 5 nitrogen and oxygen atoms in total. The van der Waals surface area contributed by atoms with Crippen LogP contribution in [-0.2, 0) is 4.79 Å². The van der Waals surface area contributed by atoms with Crippen molar-refractivity contribution in [1.29, 1.82) is 0 Å². The Morgan fingerprint density at radius 3 is 2.57 bits per heavy atom. The Labute approximate surface area is 144 Å². The van der Waals surface area contributed by atoms with Gasteiger partial charge in [0, 0.05) is 16.8 Å². The van der Waals surface area contributed by atoms with Crippen LogP contribution in [-0.4, -0.2) is 19.1 Å². The first-order valence-electron chi connectivity index (χ1n) is 6.77. The molecule has 0 heterocycles. The molecule has 3 N–H and O–H groups in total. The zero-order valence-corrected chi connectivity index (χ0v) is 14.1. The minimum atomic E-state index is -0.768. The minimum absolute atomic E-state index is 0.335. The predicted molar refractivity (Wildman–Crippen MR) is 92.6 cm³/mol. The third-order valence-corrected chi connectivity index (χ3v) is 3.58. The highest BCUT2D eigenvalue weighted by Gasteiger charge is 2.18. The Bertz CT molecular complexity index is 722. The van der Waals surface area contributed by atoms with Crippen LogP contribution in [0.2, 0.25) is 10.0 Å². The molecule has 23 heavy (non-hydrogen) atoms. The number of carbonyl (C=O) groups is 1. The average Bonchev–Trinajstić information content (AvgIpc) is 2.51. The number of hydrogen-bond donors (Lipinski definition) is 2. The first kappa shape index (κ1) is 17.2. The molecule has 1 unspecified atom stereocenters. The molecule has 0 saturated heterocycles. The number of ether oxygens (including phenoxy) is 2. The molecule has 0 radical (unpaired) electrons. The Kier molecular flexibility index (Phi) is 5.58. The van der Waals surface area contributed by atoms with Crippen LogP contribution in [0, 0.1) is 0 Å². The molecule has 122 valence electrons. The Balaban J connectivity index is 2.08. The van der Waals surface area contributed by atoms with E-state index in [1.54, 1.807) is 43.3 Å². The molecule has 2 aromatic carbocycles. The molecular weight excluding hydrogens is 339 g/mol. The first-order chi connectivity index (χ1) is 10.9. The van der Waals surface area contributed by atoms with Gasteiger partial charge in [0.15, 0.2) is 6.10 Å². The van der Waals surface area contributed by atoms with Gasteiger partial charge in [0.05, 0.1) is 17.8 Å². The monoisotopic (exact) mass is 354 g/mol. The summed E-state index contributed by atoms with van der Waals surface area (Å²) in [5.41, 5.74) is 6.72. The van der Waals surface area contributed by atoms with Gasteiger partial charge < -0.3 is 20.5 Å². The average molecular weight is 355 g/mol. The van der Waals surface area contributed by atoms with Crippen molar-refractivity contribution in [1.82, 2.24) is 0 Å². The fraction of sp³-hybridized carbons (Fsp3) is 0.188. The SMILES string of the molecule is COc1cc(N)ccc1NC(=O)C(C)Oc1ccc(Cl)cc1Cl. The minimum Gasteiger partial charge on any atom is -0.494 e. The predicted octanol–water partition coefficient (Wildman–Crippen LogP) is 3.99. The molecule has 1 atom stereocenters. The number of nitrogens with two attached hydrogens (primary N) is 1. The Morgan fingerprint density at radius 2 is 1.91 bits per heavy atom. The largest absolute Gasteiger partial charge is 0.494 e. The summed E-state index contributed by atoms with van der Waals surface area (Å²) in [6.07, 6.45) is -0.768. The molecule has 2 aromatic rings. The summed E-state index contributed by atoms with van der Waals surface area (Å²) in [5, 5.41) is 3.55. The van der Waals surface area contributed by atoms with Gasteiger partial charge in [0.25, 0.3) is 5.91 Å². The number of rotatable bonds is 5. The lowest BCUT2D eigenvalue weighted by atomic mass is 10.2. The van der Waals surface area contributed by atoms with E-state index in [0.717, 1.165) is 0 Å².